The van der Waals surface area contributed by atoms with E-state index in [0.29, 0.717) is 12.5 Å². The van der Waals surface area contributed by atoms with Crippen molar-refractivity contribution < 1.29 is 0 Å². The Labute approximate surface area is 123 Å². The Morgan fingerprint density at radius 2 is 2.11 bits per heavy atom. The van der Waals surface area contributed by atoms with Crippen LogP contribution in [-0.2, 0) is 0 Å². The molecule has 4 heteroatoms. The molecule has 0 amide bonds. The first kappa shape index (κ1) is 14.4. The van der Waals surface area contributed by atoms with E-state index in [1.165, 1.54) is 5.69 Å². The zero-order chi connectivity index (χ0) is 14.0. The number of nitriles is 1. The maximum Gasteiger partial charge on any atom is 0.0638 e. The van der Waals surface area contributed by atoms with Gasteiger partial charge in [0.25, 0.3) is 0 Å². The summed E-state index contributed by atoms with van der Waals surface area (Å²) in [4.78, 5) is 4.72. The highest BCUT2D eigenvalue weighted by molar-refractivity contribution is 9.10. The van der Waals surface area contributed by atoms with E-state index in [4.69, 9.17) is 5.26 Å². The maximum atomic E-state index is 8.97. The number of piperazine rings is 1. The van der Waals surface area contributed by atoms with Crippen molar-refractivity contribution in [1.82, 2.24) is 4.90 Å². The number of likely N-dealkylation sites (N-methyl/N-ethyl adjacent to an activating group) is 1. The Bertz CT molecular complexity index is 492. The van der Waals surface area contributed by atoms with Gasteiger partial charge in [0.2, 0.25) is 0 Å². The first-order valence-electron chi connectivity index (χ1n) is 6.55. The molecule has 0 N–H and O–H groups in total. The third-order valence-corrected chi connectivity index (χ3v) is 4.52. The largest absolute Gasteiger partial charge is 0.363 e. The fourth-order valence-corrected chi connectivity index (χ4v) is 3.34. The number of anilines is 1. The lowest BCUT2D eigenvalue weighted by molar-refractivity contribution is 0.153. The van der Waals surface area contributed by atoms with Gasteiger partial charge in [0, 0.05) is 29.1 Å². The first-order chi connectivity index (χ1) is 8.95. The van der Waals surface area contributed by atoms with Crippen molar-refractivity contribution >= 4 is 21.6 Å². The summed E-state index contributed by atoms with van der Waals surface area (Å²) in [6.07, 6.45) is 0.577. The van der Waals surface area contributed by atoms with Gasteiger partial charge in [-0.2, -0.15) is 5.26 Å². The van der Waals surface area contributed by atoms with E-state index in [0.717, 1.165) is 17.6 Å². The van der Waals surface area contributed by atoms with Gasteiger partial charge in [0.05, 0.1) is 18.2 Å². The van der Waals surface area contributed by atoms with Crippen molar-refractivity contribution in [2.45, 2.75) is 31.8 Å². The molecule has 1 atom stereocenters. The number of rotatable bonds is 2. The van der Waals surface area contributed by atoms with Gasteiger partial charge >= 0.3 is 0 Å². The highest BCUT2D eigenvalue weighted by Gasteiger charge is 2.37. The molecule has 1 aliphatic heterocycles. The average molecular weight is 322 g/mol. The van der Waals surface area contributed by atoms with E-state index in [-0.39, 0.29) is 5.54 Å². The zero-order valence-electron chi connectivity index (χ0n) is 11.7. The summed E-state index contributed by atoms with van der Waals surface area (Å²) in [5, 5.41) is 8.97. The predicted molar refractivity (Wildman–Crippen MR) is 82.2 cm³/mol. The molecule has 0 aliphatic carbocycles. The van der Waals surface area contributed by atoms with Gasteiger partial charge < -0.3 is 4.90 Å². The van der Waals surface area contributed by atoms with Crippen molar-refractivity contribution in [2.24, 2.45) is 0 Å². The Morgan fingerprint density at radius 1 is 1.42 bits per heavy atom. The van der Waals surface area contributed by atoms with Crippen molar-refractivity contribution in [2.75, 3.05) is 25.0 Å². The lowest BCUT2D eigenvalue weighted by Crippen LogP contribution is -2.62. The minimum Gasteiger partial charge on any atom is -0.363 e. The van der Waals surface area contributed by atoms with Gasteiger partial charge in [0.1, 0.15) is 0 Å². The van der Waals surface area contributed by atoms with E-state index in [9.17, 15) is 0 Å². The molecular weight excluding hydrogens is 302 g/mol. The molecule has 19 heavy (non-hydrogen) atoms. The highest BCUT2D eigenvalue weighted by atomic mass is 79.9. The van der Waals surface area contributed by atoms with E-state index in [1.807, 2.05) is 6.07 Å². The second-order valence-corrected chi connectivity index (χ2v) is 6.66. The third-order valence-electron chi connectivity index (χ3n) is 3.85. The lowest BCUT2D eigenvalue weighted by atomic mass is 9.94. The van der Waals surface area contributed by atoms with Gasteiger partial charge in [-0.15, -0.1) is 0 Å². The van der Waals surface area contributed by atoms with Crippen LogP contribution in [0.4, 0.5) is 5.69 Å². The summed E-state index contributed by atoms with van der Waals surface area (Å²) in [7, 11) is 2.11. The van der Waals surface area contributed by atoms with Gasteiger partial charge in [-0.05, 0) is 49.0 Å². The van der Waals surface area contributed by atoms with E-state index < -0.39 is 0 Å². The number of benzene rings is 1. The van der Waals surface area contributed by atoms with Crippen LogP contribution in [0.2, 0.25) is 0 Å². The standard InChI is InChI=1S/C15H20BrN3/c1-15(2)11-18(3)12(8-9-17)10-19(15)14-7-5-4-6-13(14)16/h4-7,12H,8,10-11H2,1-3H3. The SMILES string of the molecule is CN1CC(C)(C)N(c2ccccc2Br)CC1CC#N. The van der Waals surface area contributed by atoms with Gasteiger partial charge in [0.15, 0.2) is 0 Å². The quantitative estimate of drug-likeness (QED) is 0.837. The lowest BCUT2D eigenvalue weighted by Gasteiger charge is -2.51. The molecule has 0 aromatic heterocycles. The summed E-state index contributed by atoms with van der Waals surface area (Å²) in [6.45, 7) is 6.36. The molecule has 3 nitrogen and oxygen atoms in total. The molecule has 1 unspecified atom stereocenters. The molecule has 102 valence electrons. The molecule has 1 fully saturated rings. The molecule has 0 radical (unpaired) electrons. The van der Waals surface area contributed by atoms with Crippen LogP contribution in [0.25, 0.3) is 0 Å². The Hall–Kier alpha value is -1.05. The smallest absolute Gasteiger partial charge is 0.0638 e. The van der Waals surface area contributed by atoms with Crippen molar-refractivity contribution in [3.8, 4) is 6.07 Å². The van der Waals surface area contributed by atoms with Gasteiger partial charge in [-0.3, -0.25) is 4.90 Å². The third kappa shape index (κ3) is 2.93. The summed E-state index contributed by atoms with van der Waals surface area (Å²) in [5.41, 5.74) is 1.27. The summed E-state index contributed by atoms with van der Waals surface area (Å²) in [5.74, 6) is 0. The molecule has 2 rings (SSSR count). The topological polar surface area (TPSA) is 30.3 Å². The van der Waals surface area contributed by atoms with Crippen molar-refractivity contribution in [1.29, 1.82) is 5.26 Å². The van der Waals surface area contributed by atoms with Crippen LogP contribution < -0.4 is 4.90 Å². The van der Waals surface area contributed by atoms with Crippen molar-refractivity contribution in [3.05, 3.63) is 28.7 Å². The van der Waals surface area contributed by atoms with Crippen molar-refractivity contribution in [3.63, 3.8) is 0 Å². The summed E-state index contributed by atoms with van der Waals surface area (Å²) >= 11 is 3.64. The summed E-state index contributed by atoms with van der Waals surface area (Å²) < 4.78 is 1.11. The van der Waals surface area contributed by atoms with Crippen LogP contribution in [0.3, 0.4) is 0 Å². The van der Waals surface area contributed by atoms with E-state index >= 15 is 0 Å². The molecule has 1 heterocycles. The van der Waals surface area contributed by atoms with Crippen LogP contribution in [0.15, 0.2) is 28.7 Å². The van der Waals surface area contributed by atoms with Crippen LogP contribution >= 0.6 is 15.9 Å². The average Bonchev–Trinajstić information content (AvgIpc) is 2.33. The van der Waals surface area contributed by atoms with Gasteiger partial charge in [-0.25, -0.2) is 0 Å². The molecule has 0 saturated carbocycles. The van der Waals surface area contributed by atoms with Crippen LogP contribution in [0.1, 0.15) is 20.3 Å². The molecule has 1 aromatic carbocycles. The fourth-order valence-electron chi connectivity index (χ4n) is 2.84. The van der Waals surface area contributed by atoms with E-state index in [2.05, 4.69) is 70.9 Å². The molecule has 0 bridgehead atoms. The second kappa shape index (κ2) is 5.52. The Balaban J connectivity index is 2.32. The number of halogens is 1. The van der Waals surface area contributed by atoms with Crippen LogP contribution in [0.5, 0.6) is 0 Å². The fraction of sp³-hybridized carbons (Fsp3) is 0.533. The molecular formula is C15H20BrN3. The first-order valence-corrected chi connectivity index (χ1v) is 7.34. The monoisotopic (exact) mass is 321 g/mol. The molecule has 1 aliphatic rings. The van der Waals surface area contributed by atoms with Crippen LogP contribution in [0, 0.1) is 11.3 Å². The minimum atomic E-state index is 0.0601. The number of nitrogens with zero attached hydrogens (tertiary/aromatic N) is 3. The number of hydrogen-bond acceptors (Lipinski definition) is 3. The van der Waals surface area contributed by atoms with Gasteiger partial charge in [-0.1, -0.05) is 12.1 Å². The minimum absolute atomic E-state index is 0.0601. The second-order valence-electron chi connectivity index (χ2n) is 5.81. The normalized spacial score (nSPS) is 23.1. The Morgan fingerprint density at radius 3 is 2.74 bits per heavy atom. The molecule has 1 saturated heterocycles. The summed E-state index contributed by atoms with van der Waals surface area (Å²) in [6, 6.07) is 10.9. The maximum absolute atomic E-state index is 8.97. The van der Waals surface area contributed by atoms with E-state index in [1.54, 1.807) is 0 Å². The molecule has 1 aromatic rings. The highest BCUT2D eigenvalue weighted by Crippen LogP contribution is 2.34. The number of hydrogen-bond donors (Lipinski definition) is 0. The zero-order valence-corrected chi connectivity index (χ0v) is 13.3. The number of para-hydroxylation sites is 1. The molecule has 0 spiro atoms. The predicted octanol–water partition coefficient (Wildman–Crippen LogP) is 3.26. The Kier molecular flexibility index (Phi) is 4.17. The van der Waals surface area contributed by atoms with Crippen LogP contribution in [-0.4, -0.2) is 36.6 Å².